The lowest BCUT2D eigenvalue weighted by Crippen LogP contribution is -2.60. The van der Waals surface area contributed by atoms with E-state index in [4.69, 9.17) is 9.47 Å². The number of esters is 1. The van der Waals surface area contributed by atoms with Gasteiger partial charge in [-0.05, 0) is 40.2 Å². The lowest BCUT2D eigenvalue weighted by Gasteiger charge is -2.39. The number of nitrogens with zero attached hydrogens (tertiary/aromatic N) is 1. The minimum Gasteiger partial charge on any atom is -0.468 e. The molecule has 1 saturated heterocycles. The SMILES string of the molecule is COC(=O)C(C)(CN1CCCC(OC)C1)NC(C)C. The van der Waals surface area contributed by atoms with E-state index in [0.717, 1.165) is 25.9 Å². The predicted octanol–water partition coefficient (Wildman–Crippen LogP) is 1.03. The first-order valence-corrected chi connectivity index (χ1v) is 7.02. The molecule has 0 spiro atoms. The van der Waals surface area contributed by atoms with E-state index < -0.39 is 5.54 Å². The highest BCUT2D eigenvalue weighted by molar-refractivity contribution is 5.80. The smallest absolute Gasteiger partial charge is 0.327 e. The molecule has 0 aromatic heterocycles. The molecule has 1 rings (SSSR count). The van der Waals surface area contributed by atoms with Gasteiger partial charge in [0, 0.05) is 26.2 Å². The van der Waals surface area contributed by atoms with E-state index in [0.29, 0.717) is 6.54 Å². The third-order valence-electron chi connectivity index (χ3n) is 3.58. The van der Waals surface area contributed by atoms with E-state index in [9.17, 15) is 4.79 Å². The highest BCUT2D eigenvalue weighted by Gasteiger charge is 2.37. The molecule has 1 aliphatic heterocycles. The maximum absolute atomic E-state index is 12.1. The topological polar surface area (TPSA) is 50.8 Å². The van der Waals surface area contributed by atoms with Gasteiger partial charge < -0.3 is 9.47 Å². The number of hydrogen-bond donors (Lipinski definition) is 1. The maximum atomic E-state index is 12.1. The fourth-order valence-corrected chi connectivity index (χ4v) is 2.83. The van der Waals surface area contributed by atoms with Crippen LogP contribution in [0.5, 0.6) is 0 Å². The molecule has 1 N–H and O–H groups in total. The van der Waals surface area contributed by atoms with Crippen molar-refractivity contribution in [3.8, 4) is 0 Å². The molecule has 5 nitrogen and oxygen atoms in total. The zero-order valence-corrected chi connectivity index (χ0v) is 12.9. The largest absolute Gasteiger partial charge is 0.468 e. The van der Waals surface area contributed by atoms with Crippen LogP contribution in [0.15, 0.2) is 0 Å². The van der Waals surface area contributed by atoms with E-state index in [1.165, 1.54) is 7.11 Å². The molecule has 2 unspecified atom stereocenters. The average molecular weight is 272 g/mol. The van der Waals surface area contributed by atoms with Crippen LogP contribution in [0.3, 0.4) is 0 Å². The van der Waals surface area contributed by atoms with Crippen LogP contribution >= 0.6 is 0 Å². The minimum atomic E-state index is -0.668. The summed E-state index contributed by atoms with van der Waals surface area (Å²) in [5.74, 6) is -0.208. The molecule has 19 heavy (non-hydrogen) atoms. The molecule has 0 aromatic rings. The average Bonchev–Trinajstić information content (AvgIpc) is 2.36. The molecular formula is C14H28N2O3. The van der Waals surface area contributed by atoms with Gasteiger partial charge in [-0.3, -0.25) is 15.0 Å². The summed E-state index contributed by atoms with van der Waals surface area (Å²) in [6.45, 7) is 8.52. The summed E-state index contributed by atoms with van der Waals surface area (Å²) in [6, 6.07) is 0.229. The molecule has 1 heterocycles. The lowest BCUT2D eigenvalue weighted by atomic mass is 9.98. The highest BCUT2D eigenvalue weighted by Crippen LogP contribution is 2.17. The highest BCUT2D eigenvalue weighted by atomic mass is 16.5. The number of hydrogen-bond acceptors (Lipinski definition) is 5. The van der Waals surface area contributed by atoms with Crippen molar-refractivity contribution in [2.75, 3.05) is 33.9 Å². The number of ether oxygens (including phenoxy) is 2. The van der Waals surface area contributed by atoms with Crippen molar-refractivity contribution in [1.82, 2.24) is 10.2 Å². The summed E-state index contributed by atoms with van der Waals surface area (Å²) in [6.07, 6.45) is 2.48. The van der Waals surface area contributed by atoms with Crippen LogP contribution in [-0.4, -0.2) is 62.4 Å². The summed E-state index contributed by atoms with van der Waals surface area (Å²) >= 11 is 0. The van der Waals surface area contributed by atoms with Gasteiger partial charge in [-0.2, -0.15) is 0 Å². The number of carbonyl (C=O) groups excluding carboxylic acids is 1. The van der Waals surface area contributed by atoms with Crippen molar-refractivity contribution in [2.24, 2.45) is 0 Å². The van der Waals surface area contributed by atoms with Crippen molar-refractivity contribution in [2.45, 2.75) is 51.3 Å². The van der Waals surface area contributed by atoms with Crippen LogP contribution in [-0.2, 0) is 14.3 Å². The second-order valence-corrected chi connectivity index (χ2v) is 5.86. The first-order valence-electron chi connectivity index (χ1n) is 7.02. The van der Waals surface area contributed by atoms with Crippen molar-refractivity contribution in [1.29, 1.82) is 0 Å². The van der Waals surface area contributed by atoms with Gasteiger partial charge >= 0.3 is 5.97 Å². The van der Waals surface area contributed by atoms with E-state index in [2.05, 4.69) is 10.2 Å². The van der Waals surface area contributed by atoms with Gasteiger partial charge in [0.25, 0.3) is 0 Å². The van der Waals surface area contributed by atoms with Crippen molar-refractivity contribution < 1.29 is 14.3 Å². The van der Waals surface area contributed by atoms with E-state index >= 15 is 0 Å². The Hall–Kier alpha value is -0.650. The Bertz CT molecular complexity index is 296. The Labute approximate surface area is 116 Å². The Balaban J connectivity index is 2.68. The first-order chi connectivity index (χ1) is 8.91. The summed E-state index contributed by atoms with van der Waals surface area (Å²) in [4.78, 5) is 14.3. The third-order valence-corrected chi connectivity index (χ3v) is 3.58. The van der Waals surface area contributed by atoms with Gasteiger partial charge in [0.2, 0.25) is 0 Å². The molecule has 1 aliphatic rings. The Morgan fingerprint density at radius 1 is 1.47 bits per heavy atom. The van der Waals surface area contributed by atoms with E-state index in [1.54, 1.807) is 7.11 Å². The zero-order chi connectivity index (χ0) is 14.5. The summed E-state index contributed by atoms with van der Waals surface area (Å²) in [5, 5.41) is 3.33. The second-order valence-electron chi connectivity index (χ2n) is 5.86. The number of piperidine rings is 1. The fraction of sp³-hybridized carbons (Fsp3) is 0.929. The van der Waals surface area contributed by atoms with E-state index in [1.807, 2.05) is 20.8 Å². The van der Waals surface area contributed by atoms with E-state index in [-0.39, 0.29) is 18.1 Å². The second kappa shape index (κ2) is 7.22. The monoisotopic (exact) mass is 272 g/mol. The van der Waals surface area contributed by atoms with Gasteiger partial charge in [-0.15, -0.1) is 0 Å². The molecule has 5 heteroatoms. The normalized spacial score (nSPS) is 24.2. The van der Waals surface area contributed by atoms with Crippen LogP contribution in [0.25, 0.3) is 0 Å². The summed E-state index contributed by atoms with van der Waals surface area (Å²) in [7, 11) is 3.19. The molecule has 0 aromatic carbocycles. The predicted molar refractivity (Wildman–Crippen MR) is 75.2 cm³/mol. The van der Waals surface area contributed by atoms with Crippen LogP contribution < -0.4 is 5.32 Å². The van der Waals surface area contributed by atoms with Gasteiger partial charge in [0.05, 0.1) is 13.2 Å². The number of methoxy groups -OCH3 is 2. The Kier molecular flexibility index (Phi) is 6.23. The van der Waals surface area contributed by atoms with Crippen LogP contribution in [0.1, 0.15) is 33.6 Å². The number of nitrogens with one attached hydrogen (secondary N) is 1. The molecule has 0 amide bonds. The van der Waals surface area contributed by atoms with Crippen molar-refractivity contribution >= 4 is 5.97 Å². The van der Waals surface area contributed by atoms with Crippen LogP contribution in [0, 0.1) is 0 Å². The summed E-state index contributed by atoms with van der Waals surface area (Å²) in [5.41, 5.74) is -0.668. The number of likely N-dealkylation sites (tertiary alicyclic amines) is 1. The molecule has 0 radical (unpaired) electrons. The third kappa shape index (κ3) is 4.75. The quantitative estimate of drug-likeness (QED) is 0.732. The molecule has 112 valence electrons. The van der Waals surface area contributed by atoms with Gasteiger partial charge in [-0.1, -0.05) is 0 Å². The van der Waals surface area contributed by atoms with Gasteiger partial charge in [0.15, 0.2) is 0 Å². The molecule has 0 aliphatic carbocycles. The van der Waals surface area contributed by atoms with Crippen molar-refractivity contribution in [3.05, 3.63) is 0 Å². The first kappa shape index (κ1) is 16.4. The summed E-state index contributed by atoms with van der Waals surface area (Å²) < 4.78 is 10.4. The standard InChI is InChI=1S/C14H28N2O3/c1-11(2)15-14(3,13(17)19-5)10-16-8-6-7-12(9-16)18-4/h11-12,15H,6-10H2,1-5H3. The fourth-order valence-electron chi connectivity index (χ4n) is 2.83. The van der Waals surface area contributed by atoms with Gasteiger partial charge in [0.1, 0.15) is 5.54 Å². The molecule has 2 atom stereocenters. The van der Waals surface area contributed by atoms with Gasteiger partial charge in [-0.25, -0.2) is 0 Å². The Morgan fingerprint density at radius 2 is 2.16 bits per heavy atom. The maximum Gasteiger partial charge on any atom is 0.327 e. The Morgan fingerprint density at radius 3 is 2.68 bits per heavy atom. The zero-order valence-electron chi connectivity index (χ0n) is 12.9. The molecule has 0 saturated carbocycles. The molecule has 0 bridgehead atoms. The number of carbonyl (C=O) groups is 1. The lowest BCUT2D eigenvalue weighted by molar-refractivity contribution is -0.149. The van der Waals surface area contributed by atoms with Crippen LogP contribution in [0.4, 0.5) is 0 Å². The molecular weight excluding hydrogens is 244 g/mol. The molecule has 1 fully saturated rings. The number of rotatable bonds is 6. The van der Waals surface area contributed by atoms with Crippen LogP contribution in [0.2, 0.25) is 0 Å². The van der Waals surface area contributed by atoms with Crippen molar-refractivity contribution in [3.63, 3.8) is 0 Å². The minimum absolute atomic E-state index is 0.208.